The lowest BCUT2D eigenvalue weighted by atomic mass is 9.94. The summed E-state index contributed by atoms with van der Waals surface area (Å²) < 4.78 is 6.72. The quantitative estimate of drug-likeness (QED) is 0.817. The van der Waals surface area contributed by atoms with Crippen LogP contribution in [0.1, 0.15) is 30.5 Å². The van der Waals surface area contributed by atoms with E-state index in [9.17, 15) is 5.26 Å². The molecule has 0 amide bonds. The number of nitriles is 1. The molecule has 0 spiro atoms. The Bertz CT molecular complexity index is 559. The maximum absolute atomic E-state index is 9.22. The van der Waals surface area contributed by atoms with Gasteiger partial charge < -0.3 is 9.64 Å². The van der Waals surface area contributed by atoms with Crippen molar-refractivity contribution in [3.63, 3.8) is 0 Å². The Hall–Kier alpha value is -1.21. The van der Waals surface area contributed by atoms with Crippen molar-refractivity contribution < 1.29 is 4.74 Å². The van der Waals surface area contributed by atoms with Crippen LogP contribution in [0.15, 0.2) is 4.47 Å². The van der Waals surface area contributed by atoms with Gasteiger partial charge in [-0.25, -0.2) is 0 Å². The number of benzene rings is 1. The fourth-order valence-electron chi connectivity index (χ4n) is 2.48. The van der Waals surface area contributed by atoms with Crippen molar-refractivity contribution in [1.29, 1.82) is 5.26 Å². The van der Waals surface area contributed by atoms with Crippen LogP contribution in [0.2, 0.25) is 0 Å². The van der Waals surface area contributed by atoms with Crippen LogP contribution in [-0.2, 0) is 0 Å². The van der Waals surface area contributed by atoms with Crippen molar-refractivity contribution in [3.05, 3.63) is 21.2 Å². The van der Waals surface area contributed by atoms with Gasteiger partial charge in [0.1, 0.15) is 5.75 Å². The van der Waals surface area contributed by atoms with Crippen LogP contribution in [0.3, 0.4) is 0 Å². The maximum atomic E-state index is 9.22. The Morgan fingerprint density at radius 3 is 2.20 bits per heavy atom. The molecule has 0 aromatic heterocycles. The Morgan fingerprint density at radius 2 is 1.75 bits per heavy atom. The van der Waals surface area contributed by atoms with Gasteiger partial charge >= 0.3 is 0 Å². The molecule has 0 bridgehead atoms. The highest BCUT2D eigenvalue weighted by Crippen LogP contribution is 2.42. The van der Waals surface area contributed by atoms with E-state index in [2.05, 4.69) is 47.7 Å². The van der Waals surface area contributed by atoms with Gasteiger partial charge in [-0.05, 0) is 51.3 Å². The molecule has 0 aliphatic carbocycles. The first-order valence-electron chi connectivity index (χ1n) is 6.62. The summed E-state index contributed by atoms with van der Waals surface area (Å²) in [6, 6.07) is 2.35. The largest absolute Gasteiger partial charge is 0.494 e. The fraction of sp³-hybridized carbons (Fsp3) is 0.562. The zero-order valence-electron chi connectivity index (χ0n) is 13.4. The average molecular weight is 339 g/mol. The predicted molar refractivity (Wildman–Crippen MR) is 87.6 cm³/mol. The van der Waals surface area contributed by atoms with Gasteiger partial charge in [0.15, 0.2) is 0 Å². The fourth-order valence-corrected chi connectivity index (χ4v) is 2.97. The zero-order valence-corrected chi connectivity index (χ0v) is 15.0. The first-order chi connectivity index (χ1) is 9.16. The lowest BCUT2D eigenvalue weighted by Gasteiger charge is -2.30. The van der Waals surface area contributed by atoms with Crippen molar-refractivity contribution in [2.45, 2.75) is 34.6 Å². The monoisotopic (exact) mass is 338 g/mol. The zero-order chi connectivity index (χ0) is 15.7. The summed E-state index contributed by atoms with van der Waals surface area (Å²) in [7, 11) is 3.70. The molecule has 0 radical (unpaired) electrons. The van der Waals surface area contributed by atoms with E-state index in [-0.39, 0.29) is 0 Å². The second-order valence-corrected chi connectivity index (χ2v) is 6.72. The number of halogens is 1. The first-order valence-corrected chi connectivity index (χ1v) is 7.41. The molecule has 110 valence electrons. The van der Waals surface area contributed by atoms with Gasteiger partial charge in [-0.2, -0.15) is 5.26 Å². The third-order valence-electron chi connectivity index (χ3n) is 3.65. The van der Waals surface area contributed by atoms with E-state index in [4.69, 9.17) is 4.74 Å². The Kier molecular flexibility index (Phi) is 5.10. The van der Waals surface area contributed by atoms with Gasteiger partial charge in [0, 0.05) is 18.1 Å². The summed E-state index contributed by atoms with van der Waals surface area (Å²) in [4.78, 5) is 2.11. The van der Waals surface area contributed by atoms with Crippen molar-refractivity contribution in [2.75, 3.05) is 25.6 Å². The number of ether oxygens (including phenoxy) is 1. The lowest BCUT2D eigenvalue weighted by Crippen LogP contribution is -2.31. The van der Waals surface area contributed by atoms with Gasteiger partial charge in [0.05, 0.1) is 24.3 Å². The number of rotatable bonds is 4. The summed E-state index contributed by atoms with van der Waals surface area (Å²) in [5, 5.41) is 9.22. The van der Waals surface area contributed by atoms with E-state index in [0.29, 0.717) is 6.54 Å². The van der Waals surface area contributed by atoms with Crippen molar-refractivity contribution in [1.82, 2.24) is 0 Å². The van der Waals surface area contributed by atoms with Gasteiger partial charge in [-0.1, -0.05) is 15.9 Å². The molecule has 3 nitrogen and oxygen atoms in total. The van der Waals surface area contributed by atoms with Crippen LogP contribution >= 0.6 is 15.9 Å². The molecule has 1 aromatic rings. The number of methoxy groups -OCH3 is 1. The molecule has 0 fully saturated rings. The molecule has 0 unspecified atom stereocenters. The van der Waals surface area contributed by atoms with Gasteiger partial charge in [0.25, 0.3) is 0 Å². The molecular weight excluding hydrogens is 316 g/mol. The molecule has 1 aromatic carbocycles. The molecule has 0 saturated carbocycles. The average Bonchev–Trinajstić information content (AvgIpc) is 2.39. The van der Waals surface area contributed by atoms with Crippen LogP contribution in [0.25, 0.3) is 0 Å². The van der Waals surface area contributed by atoms with Gasteiger partial charge in [-0.15, -0.1) is 0 Å². The van der Waals surface area contributed by atoms with E-state index in [1.165, 1.54) is 5.56 Å². The lowest BCUT2D eigenvalue weighted by molar-refractivity contribution is 0.408. The molecular formula is C16H23BrN2O. The molecule has 0 N–H and O–H groups in total. The highest BCUT2D eigenvalue weighted by atomic mass is 79.9. The minimum atomic E-state index is -0.405. The second-order valence-electron chi connectivity index (χ2n) is 5.92. The van der Waals surface area contributed by atoms with Crippen molar-refractivity contribution >= 4 is 21.6 Å². The van der Waals surface area contributed by atoms with Crippen molar-refractivity contribution in [3.8, 4) is 11.8 Å². The van der Waals surface area contributed by atoms with Gasteiger partial charge in [0.2, 0.25) is 0 Å². The van der Waals surface area contributed by atoms with Crippen molar-refractivity contribution in [2.24, 2.45) is 5.41 Å². The summed E-state index contributed by atoms with van der Waals surface area (Å²) in [5.74, 6) is 0.888. The number of hydrogen-bond donors (Lipinski definition) is 0. The molecule has 0 heterocycles. The summed E-state index contributed by atoms with van der Waals surface area (Å²) >= 11 is 3.66. The summed E-state index contributed by atoms with van der Waals surface area (Å²) in [5.41, 5.74) is 4.10. The third kappa shape index (κ3) is 3.09. The third-order valence-corrected chi connectivity index (χ3v) is 4.84. The van der Waals surface area contributed by atoms with E-state index < -0.39 is 5.41 Å². The normalized spacial score (nSPS) is 11.2. The number of nitrogens with zero attached hydrogens (tertiary/aromatic N) is 2. The minimum absolute atomic E-state index is 0.405. The smallest absolute Gasteiger partial charge is 0.145 e. The molecule has 1 rings (SSSR count). The molecule has 0 saturated heterocycles. The SMILES string of the molecule is COc1c(C)c(C)c(Br)c(C)c1N(C)CC(C)(C)C#N. The highest BCUT2D eigenvalue weighted by molar-refractivity contribution is 9.10. The predicted octanol–water partition coefficient (Wildman–Crippen LogP) is 4.37. The summed E-state index contributed by atoms with van der Waals surface area (Å²) in [6.45, 7) is 10.8. The Labute approximate surface area is 130 Å². The number of hydrogen-bond acceptors (Lipinski definition) is 3. The number of anilines is 1. The van der Waals surface area contributed by atoms with E-state index in [0.717, 1.165) is 27.0 Å². The van der Waals surface area contributed by atoms with Crippen LogP contribution < -0.4 is 9.64 Å². The van der Waals surface area contributed by atoms with Crippen LogP contribution in [0.5, 0.6) is 5.75 Å². The molecule has 4 heteroatoms. The van der Waals surface area contributed by atoms with Crippen LogP contribution in [-0.4, -0.2) is 20.7 Å². The Balaban J connectivity index is 3.41. The van der Waals surface area contributed by atoms with E-state index >= 15 is 0 Å². The maximum Gasteiger partial charge on any atom is 0.145 e. The topological polar surface area (TPSA) is 36.3 Å². The molecule has 0 aliphatic heterocycles. The Morgan fingerprint density at radius 1 is 1.20 bits per heavy atom. The van der Waals surface area contributed by atoms with Gasteiger partial charge in [-0.3, -0.25) is 0 Å². The molecule has 20 heavy (non-hydrogen) atoms. The van der Waals surface area contributed by atoms with Crippen LogP contribution in [0, 0.1) is 37.5 Å². The molecule has 0 aliphatic rings. The summed E-state index contributed by atoms with van der Waals surface area (Å²) in [6.07, 6.45) is 0. The van der Waals surface area contributed by atoms with E-state index in [1.54, 1.807) is 7.11 Å². The first kappa shape index (κ1) is 16.8. The second kappa shape index (κ2) is 6.05. The van der Waals surface area contributed by atoms with E-state index in [1.807, 2.05) is 20.9 Å². The standard InChI is InChI=1S/C16H23BrN2O/c1-10-11(2)15(20-7)14(12(3)13(10)17)19(6)9-16(4,5)8-18/h9H2,1-7H3. The molecule has 0 atom stereocenters. The minimum Gasteiger partial charge on any atom is -0.494 e. The van der Waals surface area contributed by atoms with Crippen LogP contribution in [0.4, 0.5) is 5.69 Å². The highest BCUT2D eigenvalue weighted by Gasteiger charge is 2.25.